The number of aromatic amines is 1. The Morgan fingerprint density at radius 3 is 2.94 bits per heavy atom. The zero-order valence-electron chi connectivity index (χ0n) is 9.01. The largest absolute Gasteiger partial charge is 0.357 e. The number of rotatable bonds is 3. The summed E-state index contributed by atoms with van der Waals surface area (Å²) in [4.78, 5) is 15.0. The molecule has 2 aromatic rings. The van der Waals surface area contributed by atoms with Gasteiger partial charge >= 0.3 is 0 Å². The average molecular weight is 237 g/mol. The van der Waals surface area contributed by atoms with Crippen LogP contribution in [0.5, 0.6) is 0 Å². The van der Waals surface area contributed by atoms with Gasteiger partial charge in [-0.3, -0.25) is 4.79 Å². The number of H-pyrrole nitrogens is 1. The van der Waals surface area contributed by atoms with Gasteiger partial charge in [-0.1, -0.05) is 23.7 Å². The number of halogens is 1. The molecule has 3 N–H and O–H groups in total. The molecule has 0 radical (unpaired) electrons. The molecule has 0 aliphatic heterocycles. The van der Waals surface area contributed by atoms with Crippen molar-refractivity contribution in [2.45, 2.75) is 13.3 Å². The van der Waals surface area contributed by atoms with Crippen molar-refractivity contribution in [3.63, 3.8) is 0 Å². The normalized spacial score (nSPS) is 10.9. The summed E-state index contributed by atoms with van der Waals surface area (Å²) in [5, 5.41) is 1.51. The lowest BCUT2D eigenvalue weighted by Crippen LogP contribution is -2.08. The van der Waals surface area contributed by atoms with E-state index >= 15 is 0 Å². The van der Waals surface area contributed by atoms with Gasteiger partial charge in [0.25, 0.3) is 0 Å². The Hall–Kier alpha value is -1.32. The number of nitrogens with two attached hydrogens (primary N) is 1. The molecule has 1 heterocycles. The van der Waals surface area contributed by atoms with Gasteiger partial charge in [0, 0.05) is 23.1 Å². The van der Waals surface area contributed by atoms with Gasteiger partial charge in [-0.05, 0) is 19.5 Å². The van der Waals surface area contributed by atoms with Gasteiger partial charge in [0.15, 0.2) is 5.78 Å². The average Bonchev–Trinajstić information content (AvgIpc) is 2.56. The van der Waals surface area contributed by atoms with Crippen molar-refractivity contribution in [2.24, 2.45) is 5.73 Å². The van der Waals surface area contributed by atoms with Crippen molar-refractivity contribution in [1.82, 2.24) is 4.98 Å². The fourth-order valence-corrected chi connectivity index (χ4v) is 2.15. The topological polar surface area (TPSA) is 58.9 Å². The predicted molar refractivity (Wildman–Crippen MR) is 66.0 cm³/mol. The van der Waals surface area contributed by atoms with E-state index in [4.69, 9.17) is 17.3 Å². The van der Waals surface area contributed by atoms with E-state index in [9.17, 15) is 4.79 Å². The van der Waals surface area contributed by atoms with E-state index in [1.165, 1.54) is 0 Å². The first-order valence-electron chi connectivity index (χ1n) is 5.15. The molecule has 0 fully saturated rings. The van der Waals surface area contributed by atoms with Gasteiger partial charge in [-0.15, -0.1) is 0 Å². The number of aryl methyl sites for hydroxylation is 1. The van der Waals surface area contributed by atoms with Crippen molar-refractivity contribution >= 4 is 28.3 Å². The fraction of sp³-hybridized carbons (Fsp3) is 0.250. The third-order valence-corrected chi connectivity index (χ3v) is 2.94. The van der Waals surface area contributed by atoms with E-state index in [0.717, 1.165) is 16.6 Å². The van der Waals surface area contributed by atoms with E-state index in [-0.39, 0.29) is 5.78 Å². The molecule has 3 nitrogen and oxygen atoms in total. The number of hydrogen-bond acceptors (Lipinski definition) is 2. The Kier molecular flexibility index (Phi) is 2.99. The summed E-state index contributed by atoms with van der Waals surface area (Å²) in [6, 6.07) is 5.54. The van der Waals surface area contributed by atoms with Gasteiger partial charge in [-0.25, -0.2) is 0 Å². The summed E-state index contributed by atoms with van der Waals surface area (Å²) in [7, 11) is 0. The number of ketones is 1. The molecular weight excluding hydrogens is 224 g/mol. The van der Waals surface area contributed by atoms with E-state index in [0.29, 0.717) is 23.6 Å². The molecule has 0 bridgehead atoms. The van der Waals surface area contributed by atoms with Crippen LogP contribution in [0.2, 0.25) is 5.02 Å². The van der Waals surface area contributed by atoms with Gasteiger partial charge in [0.05, 0.1) is 10.5 Å². The molecule has 1 aromatic heterocycles. The zero-order chi connectivity index (χ0) is 11.7. The molecule has 4 heteroatoms. The van der Waals surface area contributed by atoms with Crippen molar-refractivity contribution in [3.05, 3.63) is 34.5 Å². The van der Waals surface area contributed by atoms with Crippen molar-refractivity contribution in [1.29, 1.82) is 0 Å². The number of carbonyl (C=O) groups is 1. The second-order valence-electron chi connectivity index (χ2n) is 3.75. The number of aromatic nitrogens is 1. The lowest BCUT2D eigenvalue weighted by molar-refractivity contribution is 0.0986. The summed E-state index contributed by atoms with van der Waals surface area (Å²) in [6.07, 6.45) is 0.361. The van der Waals surface area contributed by atoms with E-state index in [2.05, 4.69) is 4.98 Å². The zero-order valence-corrected chi connectivity index (χ0v) is 9.77. The van der Waals surface area contributed by atoms with Crippen LogP contribution in [-0.2, 0) is 0 Å². The predicted octanol–water partition coefficient (Wildman–Crippen LogP) is 2.66. The molecule has 0 saturated heterocycles. The molecule has 16 heavy (non-hydrogen) atoms. The summed E-state index contributed by atoms with van der Waals surface area (Å²) in [5.41, 5.74) is 7.78. The summed E-state index contributed by atoms with van der Waals surface area (Å²) in [5.74, 6) is 0.0634. The highest BCUT2D eigenvalue weighted by Crippen LogP contribution is 2.28. The van der Waals surface area contributed by atoms with Crippen molar-refractivity contribution in [3.8, 4) is 0 Å². The van der Waals surface area contributed by atoms with Crippen molar-refractivity contribution in [2.75, 3.05) is 6.54 Å². The second-order valence-corrected chi connectivity index (χ2v) is 4.16. The van der Waals surface area contributed by atoms with Crippen LogP contribution in [0.25, 0.3) is 10.9 Å². The third-order valence-electron chi connectivity index (χ3n) is 2.62. The SMILES string of the molecule is Cc1[nH]c2c(Cl)cccc2c1C(=O)CCN. The number of hydrogen-bond donors (Lipinski definition) is 2. The Labute approximate surface area is 98.6 Å². The Bertz CT molecular complexity index is 545. The Morgan fingerprint density at radius 2 is 2.25 bits per heavy atom. The minimum absolute atomic E-state index is 0.0634. The molecule has 1 aromatic carbocycles. The molecule has 0 amide bonds. The number of fused-ring (bicyclic) bond motifs is 1. The highest BCUT2D eigenvalue weighted by Gasteiger charge is 2.16. The van der Waals surface area contributed by atoms with Gasteiger partial charge in [0.2, 0.25) is 0 Å². The number of carbonyl (C=O) groups excluding carboxylic acids is 1. The fourth-order valence-electron chi connectivity index (χ4n) is 1.93. The minimum atomic E-state index is 0.0634. The quantitative estimate of drug-likeness (QED) is 0.805. The van der Waals surface area contributed by atoms with Crippen LogP contribution >= 0.6 is 11.6 Å². The van der Waals surface area contributed by atoms with Crippen LogP contribution in [0, 0.1) is 6.92 Å². The number of para-hydroxylation sites is 1. The first-order valence-corrected chi connectivity index (χ1v) is 5.53. The van der Waals surface area contributed by atoms with Crippen LogP contribution in [0.1, 0.15) is 22.5 Å². The number of benzene rings is 1. The highest BCUT2D eigenvalue weighted by atomic mass is 35.5. The molecule has 84 valence electrons. The molecular formula is C12H13ClN2O. The summed E-state index contributed by atoms with van der Waals surface area (Å²) < 4.78 is 0. The summed E-state index contributed by atoms with van der Waals surface area (Å²) >= 11 is 6.06. The molecule has 0 atom stereocenters. The molecule has 0 aliphatic carbocycles. The molecule has 0 spiro atoms. The van der Waals surface area contributed by atoms with E-state index < -0.39 is 0 Å². The standard InChI is InChI=1S/C12H13ClN2O/c1-7-11(10(16)5-6-14)8-3-2-4-9(13)12(8)15-7/h2-4,15H,5-6,14H2,1H3. The molecule has 0 aliphatic rings. The van der Waals surface area contributed by atoms with Crippen LogP contribution in [0.4, 0.5) is 0 Å². The lowest BCUT2D eigenvalue weighted by atomic mass is 10.0. The van der Waals surface area contributed by atoms with Crippen LogP contribution in [0.3, 0.4) is 0 Å². The first kappa shape index (κ1) is 11.2. The minimum Gasteiger partial charge on any atom is -0.357 e. The molecule has 0 saturated carbocycles. The lowest BCUT2D eigenvalue weighted by Gasteiger charge is -1.99. The third kappa shape index (κ3) is 1.72. The van der Waals surface area contributed by atoms with E-state index in [1.54, 1.807) is 6.07 Å². The van der Waals surface area contributed by atoms with Crippen molar-refractivity contribution < 1.29 is 4.79 Å². The maximum atomic E-state index is 11.9. The second kappa shape index (κ2) is 4.28. The van der Waals surface area contributed by atoms with Gasteiger partial charge in [-0.2, -0.15) is 0 Å². The monoisotopic (exact) mass is 236 g/mol. The Morgan fingerprint density at radius 1 is 1.50 bits per heavy atom. The number of nitrogens with one attached hydrogen (secondary N) is 1. The van der Waals surface area contributed by atoms with Gasteiger partial charge in [0.1, 0.15) is 0 Å². The van der Waals surface area contributed by atoms with Crippen LogP contribution < -0.4 is 5.73 Å². The smallest absolute Gasteiger partial charge is 0.166 e. The highest BCUT2D eigenvalue weighted by molar-refractivity contribution is 6.35. The summed E-state index contributed by atoms with van der Waals surface area (Å²) in [6.45, 7) is 2.24. The van der Waals surface area contributed by atoms with Crippen LogP contribution in [0.15, 0.2) is 18.2 Å². The van der Waals surface area contributed by atoms with Gasteiger partial charge < -0.3 is 10.7 Å². The van der Waals surface area contributed by atoms with Crippen LogP contribution in [-0.4, -0.2) is 17.3 Å². The first-order chi connectivity index (χ1) is 7.65. The molecule has 0 unspecified atom stereocenters. The number of Topliss-reactive ketones (excluding diaryl/α,β-unsaturated/α-hetero) is 1. The maximum absolute atomic E-state index is 11.9. The maximum Gasteiger partial charge on any atom is 0.166 e. The molecule has 2 rings (SSSR count). The van der Waals surface area contributed by atoms with E-state index in [1.807, 2.05) is 19.1 Å². The Balaban J connectivity index is 2.65.